The zero-order chi connectivity index (χ0) is 31.2. The van der Waals surface area contributed by atoms with Gasteiger partial charge in [-0.1, -0.05) is 6.07 Å². The predicted molar refractivity (Wildman–Crippen MR) is 149 cm³/mol. The van der Waals surface area contributed by atoms with E-state index in [2.05, 4.69) is 10.6 Å². The maximum absolute atomic E-state index is 12.6. The van der Waals surface area contributed by atoms with Crippen molar-refractivity contribution < 1.29 is 35.9 Å². The summed E-state index contributed by atoms with van der Waals surface area (Å²) in [5.41, 5.74) is 22.6. The number of nitrogen functional groups attached to an aromatic ring is 4. The molecule has 4 aromatic carbocycles. The quantitative estimate of drug-likeness (QED) is 0.122. The second-order valence-electron chi connectivity index (χ2n) is 8.84. The number of amides is 2. The molecule has 42 heavy (non-hydrogen) atoms. The molecule has 4 rings (SSSR count). The number of halogens is 6. The molecule has 0 saturated carbocycles. The SMILES string of the molecule is Nc1cc(N)cc(C(=O)Nc2ccc(C(F)(F)F)cc2)c1.Nc1cc(N)cc(C(=O)Nc2cccc(C(F)(F)F)c2)c1. The Kier molecular flexibility index (Phi) is 9.20. The van der Waals surface area contributed by atoms with Gasteiger partial charge in [0.25, 0.3) is 11.8 Å². The number of hydrogen-bond acceptors (Lipinski definition) is 6. The lowest BCUT2D eigenvalue weighted by molar-refractivity contribution is -0.138. The molecule has 0 fully saturated rings. The lowest BCUT2D eigenvalue weighted by Gasteiger charge is -2.10. The van der Waals surface area contributed by atoms with Crippen LogP contribution in [-0.2, 0) is 12.4 Å². The monoisotopic (exact) mass is 590 g/mol. The van der Waals surface area contributed by atoms with Gasteiger partial charge in [-0.05, 0) is 78.9 Å². The summed E-state index contributed by atoms with van der Waals surface area (Å²) in [6, 6.07) is 17.1. The van der Waals surface area contributed by atoms with Crippen molar-refractivity contribution in [3.63, 3.8) is 0 Å². The smallest absolute Gasteiger partial charge is 0.399 e. The first-order valence-corrected chi connectivity index (χ1v) is 11.8. The van der Waals surface area contributed by atoms with Crippen LogP contribution in [-0.4, -0.2) is 11.8 Å². The van der Waals surface area contributed by atoms with Gasteiger partial charge in [-0.3, -0.25) is 9.59 Å². The molecule has 0 saturated heterocycles. The zero-order valence-corrected chi connectivity index (χ0v) is 21.5. The van der Waals surface area contributed by atoms with Gasteiger partial charge in [0.15, 0.2) is 0 Å². The van der Waals surface area contributed by atoms with Gasteiger partial charge in [0, 0.05) is 45.3 Å². The average Bonchev–Trinajstić information content (AvgIpc) is 2.87. The van der Waals surface area contributed by atoms with Gasteiger partial charge < -0.3 is 33.6 Å². The van der Waals surface area contributed by atoms with Crippen LogP contribution in [0, 0.1) is 0 Å². The maximum atomic E-state index is 12.6. The second-order valence-corrected chi connectivity index (χ2v) is 8.84. The topological polar surface area (TPSA) is 162 Å². The Morgan fingerprint density at radius 3 is 1.31 bits per heavy atom. The van der Waals surface area contributed by atoms with E-state index in [1.807, 2.05) is 0 Å². The lowest BCUT2D eigenvalue weighted by atomic mass is 10.1. The van der Waals surface area contributed by atoms with Gasteiger partial charge in [0.05, 0.1) is 11.1 Å². The van der Waals surface area contributed by atoms with Crippen molar-refractivity contribution in [2.45, 2.75) is 12.4 Å². The zero-order valence-electron chi connectivity index (χ0n) is 21.5. The van der Waals surface area contributed by atoms with Crippen molar-refractivity contribution >= 4 is 45.9 Å². The van der Waals surface area contributed by atoms with Crippen molar-refractivity contribution in [1.29, 1.82) is 0 Å². The summed E-state index contributed by atoms with van der Waals surface area (Å²) in [5.74, 6) is -1.10. The van der Waals surface area contributed by atoms with E-state index in [4.69, 9.17) is 22.9 Å². The van der Waals surface area contributed by atoms with Crippen LogP contribution < -0.4 is 33.6 Å². The van der Waals surface area contributed by atoms with Crippen molar-refractivity contribution in [2.75, 3.05) is 33.6 Å². The van der Waals surface area contributed by atoms with Gasteiger partial charge in [0.2, 0.25) is 0 Å². The van der Waals surface area contributed by atoms with Crippen molar-refractivity contribution in [2.24, 2.45) is 0 Å². The Hall–Kier alpha value is -5.40. The molecule has 0 atom stereocenters. The molecule has 220 valence electrons. The van der Waals surface area contributed by atoms with Gasteiger partial charge in [-0.2, -0.15) is 26.3 Å². The van der Waals surface area contributed by atoms with E-state index in [-0.39, 0.29) is 22.5 Å². The van der Waals surface area contributed by atoms with Gasteiger partial charge in [-0.15, -0.1) is 0 Å². The number of carbonyl (C=O) groups is 2. The van der Waals surface area contributed by atoms with E-state index in [1.54, 1.807) is 0 Å². The Labute approximate surface area is 235 Å². The summed E-state index contributed by atoms with van der Waals surface area (Å²) in [7, 11) is 0. The fourth-order valence-corrected chi connectivity index (χ4v) is 3.54. The van der Waals surface area contributed by atoms with E-state index in [0.29, 0.717) is 22.7 Å². The molecule has 8 nitrogen and oxygen atoms in total. The summed E-state index contributed by atoms with van der Waals surface area (Å²) in [6.07, 6.45) is -8.88. The highest BCUT2D eigenvalue weighted by molar-refractivity contribution is 6.06. The number of rotatable bonds is 4. The summed E-state index contributed by atoms with van der Waals surface area (Å²) in [6.45, 7) is 0. The molecule has 0 bridgehead atoms. The van der Waals surface area contributed by atoms with Gasteiger partial charge in [0.1, 0.15) is 0 Å². The first kappa shape index (κ1) is 31.1. The van der Waals surface area contributed by atoms with Crippen LogP contribution >= 0.6 is 0 Å². The minimum absolute atomic E-state index is 0.0378. The van der Waals surface area contributed by atoms with Crippen LogP contribution in [0.25, 0.3) is 0 Å². The molecule has 0 spiro atoms. The number of carbonyl (C=O) groups excluding carboxylic acids is 2. The number of benzene rings is 4. The minimum atomic E-state index is -4.47. The van der Waals surface area contributed by atoms with Crippen molar-refractivity contribution in [1.82, 2.24) is 0 Å². The Morgan fingerprint density at radius 1 is 0.500 bits per heavy atom. The van der Waals surface area contributed by atoms with Crippen LogP contribution in [0.2, 0.25) is 0 Å². The second kappa shape index (κ2) is 12.4. The normalized spacial score (nSPS) is 11.2. The molecule has 0 aromatic heterocycles. The largest absolute Gasteiger partial charge is 0.416 e. The minimum Gasteiger partial charge on any atom is -0.399 e. The highest BCUT2D eigenvalue weighted by Gasteiger charge is 2.31. The third-order valence-corrected chi connectivity index (χ3v) is 5.40. The van der Waals surface area contributed by atoms with E-state index >= 15 is 0 Å². The van der Waals surface area contributed by atoms with Crippen LogP contribution in [0.15, 0.2) is 84.9 Å². The molecule has 4 aromatic rings. The van der Waals surface area contributed by atoms with Crippen LogP contribution in [0.1, 0.15) is 31.8 Å². The molecule has 0 aliphatic carbocycles. The molecular weight excluding hydrogens is 566 g/mol. The predicted octanol–water partition coefficient (Wildman–Crippen LogP) is 6.24. The maximum Gasteiger partial charge on any atom is 0.416 e. The first-order chi connectivity index (χ1) is 19.5. The molecule has 2 amide bonds. The molecule has 0 heterocycles. The van der Waals surface area contributed by atoms with Gasteiger partial charge in [-0.25, -0.2) is 0 Å². The number of alkyl halides is 6. The first-order valence-electron chi connectivity index (χ1n) is 11.8. The number of hydrogen-bond donors (Lipinski definition) is 6. The Balaban J connectivity index is 0.000000230. The van der Waals surface area contributed by atoms with Gasteiger partial charge >= 0.3 is 12.4 Å². The van der Waals surface area contributed by atoms with Crippen LogP contribution in [0.3, 0.4) is 0 Å². The van der Waals surface area contributed by atoms with Crippen LogP contribution in [0.4, 0.5) is 60.5 Å². The summed E-state index contributed by atoms with van der Waals surface area (Å²) < 4.78 is 75.0. The lowest BCUT2D eigenvalue weighted by Crippen LogP contribution is -2.13. The fourth-order valence-electron chi connectivity index (χ4n) is 3.54. The fraction of sp³-hybridized carbons (Fsp3) is 0.0714. The molecule has 14 heteroatoms. The molecule has 0 unspecified atom stereocenters. The number of nitrogens with one attached hydrogen (secondary N) is 2. The molecule has 10 N–H and O–H groups in total. The molecular formula is C28H24F6N6O2. The van der Waals surface area contributed by atoms with E-state index in [9.17, 15) is 35.9 Å². The Bertz CT molecular complexity index is 1550. The molecule has 0 aliphatic heterocycles. The summed E-state index contributed by atoms with van der Waals surface area (Å²) in [4.78, 5) is 23.9. The number of nitrogens with two attached hydrogens (primary N) is 4. The molecule has 0 radical (unpaired) electrons. The highest BCUT2D eigenvalue weighted by atomic mass is 19.4. The average molecular weight is 591 g/mol. The van der Waals surface area contributed by atoms with Crippen molar-refractivity contribution in [3.05, 3.63) is 107 Å². The third kappa shape index (κ3) is 8.81. The highest BCUT2D eigenvalue weighted by Crippen LogP contribution is 2.31. The number of anilines is 6. The van der Waals surface area contributed by atoms with E-state index in [0.717, 1.165) is 24.3 Å². The molecule has 0 aliphatic rings. The van der Waals surface area contributed by atoms with E-state index in [1.165, 1.54) is 60.7 Å². The van der Waals surface area contributed by atoms with E-state index < -0.39 is 35.3 Å². The standard InChI is InChI=1S/2C14H12F3N3O/c15-14(16,17)9-1-3-12(4-2-9)20-13(21)8-5-10(18)7-11(19)6-8;15-14(16,17)9-2-1-3-12(6-9)20-13(21)8-4-10(18)7-11(19)5-8/h2*1-7H,18-19H2,(H,20,21). The summed E-state index contributed by atoms with van der Waals surface area (Å²) in [5, 5.41) is 4.85. The van der Waals surface area contributed by atoms with Crippen LogP contribution in [0.5, 0.6) is 0 Å². The Morgan fingerprint density at radius 2 is 0.905 bits per heavy atom. The van der Waals surface area contributed by atoms with Crippen molar-refractivity contribution in [3.8, 4) is 0 Å². The third-order valence-electron chi connectivity index (χ3n) is 5.40. The summed E-state index contributed by atoms with van der Waals surface area (Å²) >= 11 is 0.